The average Bonchev–Trinajstić information content (AvgIpc) is 2.73. The summed E-state index contributed by atoms with van der Waals surface area (Å²) in [6.45, 7) is 4.00. The van der Waals surface area contributed by atoms with Crippen LogP contribution in [0.1, 0.15) is 44.8 Å². The van der Waals surface area contributed by atoms with Gasteiger partial charge in [0, 0.05) is 6.42 Å². The summed E-state index contributed by atoms with van der Waals surface area (Å²) in [6.07, 6.45) is 2.14. The van der Waals surface area contributed by atoms with Crippen LogP contribution < -0.4 is 0 Å². The Kier molecular flexibility index (Phi) is 6.43. The second-order valence-electron chi connectivity index (χ2n) is 6.77. The Morgan fingerprint density at radius 3 is 1.96 bits per heavy atom. The number of carbonyl (C=O) groups is 1. The fourth-order valence-electron chi connectivity index (χ4n) is 3.18. The number of hydrogen-bond acceptors (Lipinski definition) is 2. The van der Waals surface area contributed by atoms with Crippen LogP contribution in [0.15, 0.2) is 78.9 Å². The van der Waals surface area contributed by atoms with Crippen molar-refractivity contribution in [3.8, 4) is 22.3 Å². The first-order chi connectivity index (χ1) is 13.2. The molecule has 0 aliphatic carbocycles. The molecule has 0 spiro atoms. The van der Waals surface area contributed by atoms with Gasteiger partial charge < -0.3 is 4.74 Å². The lowest BCUT2D eigenvalue weighted by molar-refractivity contribution is -0.148. The molecular formula is C25H26O2. The lowest BCUT2D eigenvalue weighted by Gasteiger charge is -2.15. The molecule has 0 amide bonds. The van der Waals surface area contributed by atoms with E-state index in [-0.39, 0.29) is 12.1 Å². The van der Waals surface area contributed by atoms with E-state index >= 15 is 0 Å². The zero-order valence-corrected chi connectivity index (χ0v) is 16.0. The van der Waals surface area contributed by atoms with Gasteiger partial charge in [-0.2, -0.15) is 0 Å². The molecule has 0 bridgehead atoms. The molecule has 3 rings (SSSR count). The Balaban J connectivity index is 1.79. The molecule has 0 aromatic heterocycles. The lowest BCUT2D eigenvalue weighted by atomic mass is 9.94. The Morgan fingerprint density at radius 1 is 0.815 bits per heavy atom. The van der Waals surface area contributed by atoms with Crippen molar-refractivity contribution < 1.29 is 9.53 Å². The molecule has 0 saturated carbocycles. The summed E-state index contributed by atoms with van der Waals surface area (Å²) in [5.74, 6) is -0.122. The molecule has 2 heteroatoms. The molecule has 0 heterocycles. The van der Waals surface area contributed by atoms with Gasteiger partial charge in [-0.25, -0.2) is 0 Å². The predicted molar refractivity (Wildman–Crippen MR) is 111 cm³/mol. The van der Waals surface area contributed by atoms with Gasteiger partial charge in [-0.15, -0.1) is 0 Å². The van der Waals surface area contributed by atoms with Crippen molar-refractivity contribution in [2.75, 3.05) is 0 Å². The van der Waals surface area contributed by atoms with Crippen molar-refractivity contribution in [2.45, 2.75) is 39.2 Å². The van der Waals surface area contributed by atoms with Crippen molar-refractivity contribution in [3.63, 3.8) is 0 Å². The highest BCUT2D eigenvalue weighted by Gasteiger charge is 2.12. The standard InChI is InChI=1S/C25H26O2/c1-3-4-14-25(26)27-19(2)20-15-17-22(18-16-20)24-13-9-8-12-23(24)21-10-6-5-7-11-21/h5-13,15-19H,3-4,14H2,1-2H3. The molecule has 0 radical (unpaired) electrons. The maximum absolute atomic E-state index is 11.9. The molecule has 2 nitrogen and oxygen atoms in total. The van der Waals surface area contributed by atoms with Crippen LogP contribution in [0, 0.1) is 0 Å². The second kappa shape index (κ2) is 9.18. The average molecular weight is 358 g/mol. The molecule has 0 saturated heterocycles. The molecular weight excluding hydrogens is 332 g/mol. The third-order valence-electron chi connectivity index (χ3n) is 4.75. The van der Waals surface area contributed by atoms with Gasteiger partial charge in [-0.1, -0.05) is 92.2 Å². The number of carbonyl (C=O) groups excluding carboxylic acids is 1. The molecule has 3 aromatic carbocycles. The van der Waals surface area contributed by atoms with Crippen molar-refractivity contribution in [1.29, 1.82) is 0 Å². The fraction of sp³-hybridized carbons (Fsp3) is 0.240. The fourth-order valence-corrected chi connectivity index (χ4v) is 3.18. The molecule has 0 fully saturated rings. The van der Waals surface area contributed by atoms with Crippen molar-refractivity contribution in [3.05, 3.63) is 84.4 Å². The molecule has 3 aromatic rings. The summed E-state index contributed by atoms with van der Waals surface area (Å²) < 4.78 is 5.54. The largest absolute Gasteiger partial charge is 0.458 e. The van der Waals surface area contributed by atoms with E-state index in [1.807, 2.05) is 13.0 Å². The maximum atomic E-state index is 11.9. The first-order valence-corrected chi connectivity index (χ1v) is 9.63. The first-order valence-electron chi connectivity index (χ1n) is 9.63. The van der Waals surface area contributed by atoms with Crippen LogP contribution in [0.5, 0.6) is 0 Å². The van der Waals surface area contributed by atoms with Crippen LogP contribution in [0.3, 0.4) is 0 Å². The van der Waals surface area contributed by atoms with Gasteiger partial charge in [0.15, 0.2) is 0 Å². The van der Waals surface area contributed by atoms with E-state index in [2.05, 4.69) is 79.7 Å². The summed E-state index contributed by atoms with van der Waals surface area (Å²) in [4.78, 5) is 11.9. The van der Waals surface area contributed by atoms with E-state index in [9.17, 15) is 4.79 Å². The number of benzene rings is 3. The highest BCUT2D eigenvalue weighted by atomic mass is 16.5. The second-order valence-corrected chi connectivity index (χ2v) is 6.77. The van der Waals surface area contributed by atoms with Gasteiger partial charge in [0.05, 0.1) is 0 Å². The van der Waals surface area contributed by atoms with Crippen LogP contribution >= 0.6 is 0 Å². The van der Waals surface area contributed by atoms with E-state index in [0.29, 0.717) is 6.42 Å². The quantitative estimate of drug-likeness (QED) is 0.433. The Hall–Kier alpha value is -2.87. The van der Waals surface area contributed by atoms with E-state index in [1.54, 1.807) is 0 Å². The van der Waals surface area contributed by atoms with E-state index < -0.39 is 0 Å². The van der Waals surface area contributed by atoms with Crippen LogP contribution in [0.25, 0.3) is 22.3 Å². The predicted octanol–water partition coefficient (Wildman–Crippen LogP) is 6.82. The Labute approximate surface area is 161 Å². The van der Waals surface area contributed by atoms with Crippen molar-refractivity contribution in [2.24, 2.45) is 0 Å². The first kappa shape index (κ1) is 18.9. The summed E-state index contributed by atoms with van der Waals surface area (Å²) in [5.41, 5.74) is 5.78. The van der Waals surface area contributed by atoms with E-state index in [0.717, 1.165) is 24.0 Å². The summed E-state index contributed by atoms with van der Waals surface area (Å²) in [6, 6.07) is 27.1. The molecule has 1 atom stereocenters. The topological polar surface area (TPSA) is 26.3 Å². The van der Waals surface area contributed by atoms with Crippen LogP contribution in [0.2, 0.25) is 0 Å². The van der Waals surface area contributed by atoms with Gasteiger partial charge in [0.2, 0.25) is 0 Å². The van der Waals surface area contributed by atoms with Crippen molar-refractivity contribution in [1.82, 2.24) is 0 Å². The molecule has 1 unspecified atom stereocenters. The smallest absolute Gasteiger partial charge is 0.306 e. The van der Waals surface area contributed by atoms with Gasteiger partial charge in [0.25, 0.3) is 0 Å². The number of esters is 1. The van der Waals surface area contributed by atoms with E-state index in [1.165, 1.54) is 16.7 Å². The van der Waals surface area contributed by atoms with Gasteiger partial charge >= 0.3 is 5.97 Å². The number of rotatable bonds is 7. The lowest BCUT2D eigenvalue weighted by Crippen LogP contribution is -2.08. The van der Waals surface area contributed by atoms with Crippen LogP contribution in [-0.2, 0) is 9.53 Å². The summed E-state index contributed by atoms with van der Waals surface area (Å²) in [7, 11) is 0. The number of unbranched alkanes of at least 4 members (excludes halogenated alkanes) is 1. The zero-order valence-electron chi connectivity index (χ0n) is 16.0. The highest BCUT2D eigenvalue weighted by Crippen LogP contribution is 2.32. The van der Waals surface area contributed by atoms with Crippen LogP contribution in [-0.4, -0.2) is 5.97 Å². The molecule has 0 N–H and O–H groups in total. The number of hydrogen-bond donors (Lipinski definition) is 0. The molecule has 0 aliphatic heterocycles. The third kappa shape index (κ3) is 4.85. The number of ether oxygens (including phenoxy) is 1. The maximum Gasteiger partial charge on any atom is 0.306 e. The van der Waals surface area contributed by atoms with Crippen LogP contribution in [0.4, 0.5) is 0 Å². The molecule has 27 heavy (non-hydrogen) atoms. The van der Waals surface area contributed by atoms with Gasteiger partial charge in [0.1, 0.15) is 6.10 Å². The highest BCUT2D eigenvalue weighted by molar-refractivity contribution is 5.83. The SMILES string of the molecule is CCCCC(=O)OC(C)c1ccc(-c2ccccc2-c2ccccc2)cc1. The Bertz CT molecular complexity index is 866. The minimum absolute atomic E-state index is 0.122. The normalized spacial score (nSPS) is 11.8. The summed E-state index contributed by atoms with van der Waals surface area (Å²) in [5, 5.41) is 0. The van der Waals surface area contributed by atoms with E-state index in [4.69, 9.17) is 4.74 Å². The van der Waals surface area contributed by atoms with Gasteiger partial charge in [-0.05, 0) is 41.2 Å². The Morgan fingerprint density at radius 2 is 1.37 bits per heavy atom. The monoisotopic (exact) mass is 358 g/mol. The zero-order chi connectivity index (χ0) is 19.1. The minimum atomic E-state index is -0.229. The summed E-state index contributed by atoms with van der Waals surface area (Å²) >= 11 is 0. The molecule has 0 aliphatic rings. The third-order valence-corrected chi connectivity index (χ3v) is 4.75. The van der Waals surface area contributed by atoms with Crippen molar-refractivity contribution >= 4 is 5.97 Å². The molecule has 138 valence electrons. The minimum Gasteiger partial charge on any atom is -0.458 e. The van der Waals surface area contributed by atoms with Gasteiger partial charge in [-0.3, -0.25) is 4.79 Å².